The second kappa shape index (κ2) is 7.30. The Bertz CT molecular complexity index is 755. The molecule has 1 unspecified atom stereocenters. The van der Waals surface area contributed by atoms with Crippen molar-refractivity contribution in [1.29, 1.82) is 0 Å². The summed E-state index contributed by atoms with van der Waals surface area (Å²) in [6.07, 6.45) is -0.208. The number of nitrogens with two attached hydrogens (primary N) is 1. The molecular weight excluding hydrogens is 404 g/mol. The van der Waals surface area contributed by atoms with E-state index in [1.807, 2.05) is 0 Å². The van der Waals surface area contributed by atoms with Gasteiger partial charge in [0.1, 0.15) is 5.37 Å². The molecule has 0 aromatic heterocycles. The molecule has 5 atom stereocenters. The van der Waals surface area contributed by atoms with Crippen molar-refractivity contribution in [3.8, 4) is 0 Å². The first-order valence-corrected chi connectivity index (χ1v) is 11.2. The summed E-state index contributed by atoms with van der Waals surface area (Å²) in [5.41, 5.74) is -0.0296. The minimum atomic E-state index is -3.75. The molecule has 3 aliphatic rings. The van der Waals surface area contributed by atoms with E-state index in [2.05, 4.69) is 10.0 Å². The average molecular weight is 425 g/mol. The van der Waals surface area contributed by atoms with E-state index in [4.69, 9.17) is 5.14 Å². The number of aliphatic hydroxyl groups is 1. The molecule has 0 saturated carbocycles. The second-order valence-electron chi connectivity index (χ2n) is 6.40. The van der Waals surface area contributed by atoms with Crippen molar-refractivity contribution in [2.45, 2.75) is 36.1 Å². The van der Waals surface area contributed by atoms with Gasteiger partial charge in [0, 0.05) is 24.4 Å². The number of carboxylic acid groups (broad SMARTS) is 1. The highest BCUT2D eigenvalue weighted by atomic mass is 32.2. The highest BCUT2D eigenvalue weighted by Crippen LogP contribution is 2.54. The zero-order chi connectivity index (χ0) is 19.2. The van der Waals surface area contributed by atoms with Crippen LogP contribution in [0.2, 0.25) is 0 Å². The first kappa shape index (κ1) is 19.9. The number of β-lactam (4-membered cyclic amide) rings is 1. The Morgan fingerprint density at radius 1 is 1.58 bits per heavy atom. The maximum atomic E-state index is 12.2. The highest BCUT2D eigenvalue weighted by Gasteiger charge is 2.58. The molecule has 3 aliphatic heterocycles. The number of aliphatic carboxylic acids is 1. The van der Waals surface area contributed by atoms with Gasteiger partial charge in [0.15, 0.2) is 5.70 Å². The Morgan fingerprint density at radius 2 is 2.27 bits per heavy atom. The Labute approximate surface area is 159 Å². The van der Waals surface area contributed by atoms with Gasteiger partial charge in [0.2, 0.25) is 5.91 Å². The lowest BCUT2D eigenvalue weighted by molar-refractivity contribution is -0.156. The molecule has 26 heavy (non-hydrogen) atoms. The number of aliphatic hydroxyl groups excluding tert-OH is 1. The van der Waals surface area contributed by atoms with E-state index < -0.39 is 28.2 Å². The summed E-state index contributed by atoms with van der Waals surface area (Å²) in [7, 11) is -3.75. The lowest BCUT2D eigenvalue weighted by Crippen LogP contribution is -2.60. The average Bonchev–Trinajstić information content (AvgIpc) is 3.07. The van der Waals surface area contributed by atoms with Gasteiger partial charge in [-0.3, -0.25) is 9.69 Å². The molecule has 0 aromatic carbocycles. The van der Waals surface area contributed by atoms with Gasteiger partial charge in [-0.05, 0) is 13.3 Å². The molecule has 0 bridgehead atoms. The van der Waals surface area contributed by atoms with Crippen LogP contribution in [0.4, 0.5) is 0 Å². The fourth-order valence-corrected chi connectivity index (χ4v) is 7.02. The number of carbonyl (C=O) groups is 2. The highest BCUT2D eigenvalue weighted by molar-refractivity contribution is 8.23. The number of hydrogen-bond donors (Lipinski definition) is 5. The first-order chi connectivity index (χ1) is 12.1. The van der Waals surface area contributed by atoms with Crippen molar-refractivity contribution < 1.29 is 28.2 Å². The third-order valence-corrected chi connectivity index (χ3v) is 7.85. The van der Waals surface area contributed by atoms with Crippen LogP contribution < -0.4 is 15.2 Å². The van der Waals surface area contributed by atoms with E-state index in [-0.39, 0.29) is 34.8 Å². The van der Waals surface area contributed by atoms with Crippen LogP contribution in [0.5, 0.6) is 0 Å². The van der Waals surface area contributed by atoms with E-state index in [1.165, 1.54) is 35.3 Å². The van der Waals surface area contributed by atoms with Crippen LogP contribution in [0.3, 0.4) is 0 Å². The smallest absolute Gasteiger partial charge is 0.354 e. The van der Waals surface area contributed by atoms with Crippen LogP contribution in [0, 0.1) is 5.92 Å². The lowest BCUT2D eigenvalue weighted by Gasteiger charge is -2.43. The quantitative estimate of drug-likeness (QED) is 0.303. The van der Waals surface area contributed by atoms with Gasteiger partial charge in [-0.25, -0.2) is 14.7 Å². The molecule has 6 N–H and O–H groups in total. The number of amides is 1. The maximum absolute atomic E-state index is 12.2. The number of rotatable bonds is 7. The van der Waals surface area contributed by atoms with Gasteiger partial charge in [-0.2, -0.15) is 8.42 Å². The van der Waals surface area contributed by atoms with E-state index >= 15 is 0 Å². The lowest BCUT2D eigenvalue weighted by atomic mass is 9.92. The zero-order valence-electron chi connectivity index (χ0n) is 13.8. The fourth-order valence-electron chi connectivity index (χ4n) is 3.23. The number of thioether (sulfide) groups is 2. The summed E-state index contributed by atoms with van der Waals surface area (Å²) in [4.78, 5) is 25.0. The fraction of sp³-hybridized carbons (Fsp3) is 0.692. The molecule has 2 fully saturated rings. The van der Waals surface area contributed by atoms with Crippen LogP contribution in [0.15, 0.2) is 9.93 Å². The summed E-state index contributed by atoms with van der Waals surface area (Å²) < 4.78 is 24.7. The van der Waals surface area contributed by atoms with Crippen LogP contribution in [-0.2, 0) is 19.8 Å². The predicted molar refractivity (Wildman–Crippen MR) is 97.0 cm³/mol. The number of hydrogen-bond acceptors (Lipinski definition) is 8. The van der Waals surface area contributed by atoms with Crippen LogP contribution in [0.25, 0.3) is 0 Å². The SMILES string of the molecule is CC(O)[C@H]1C(=O)N2C(C(=O)O)=C(S[C@H]3CN[C@@H](CNS(N)(=O)=O)C3)S[C@H]12. The Morgan fingerprint density at radius 3 is 2.85 bits per heavy atom. The minimum absolute atomic E-state index is 0.0296. The summed E-state index contributed by atoms with van der Waals surface area (Å²) in [5, 5.41) is 27.0. The number of carbonyl (C=O) groups excluding carboxylic acids is 1. The Kier molecular flexibility index (Phi) is 5.59. The van der Waals surface area contributed by atoms with Gasteiger partial charge >= 0.3 is 5.97 Å². The largest absolute Gasteiger partial charge is 0.477 e. The van der Waals surface area contributed by atoms with Gasteiger partial charge in [0.05, 0.1) is 16.3 Å². The Balaban J connectivity index is 1.65. The van der Waals surface area contributed by atoms with Gasteiger partial charge in [-0.15, -0.1) is 11.8 Å². The van der Waals surface area contributed by atoms with Gasteiger partial charge < -0.3 is 15.5 Å². The molecule has 1 amide bonds. The van der Waals surface area contributed by atoms with Crippen LogP contribution >= 0.6 is 23.5 Å². The summed E-state index contributed by atoms with van der Waals surface area (Å²) >= 11 is 2.66. The zero-order valence-corrected chi connectivity index (χ0v) is 16.2. The number of nitrogens with zero attached hydrogens (tertiary/aromatic N) is 1. The molecule has 3 heterocycles. The second-order valence-corrected chi connectivity index (χ2v) is 10.5. The van der Waals surface area contributed by atoms with E-state index in [0.717, 1.165) is 0 Å². The van der Waals surface area contributed by atoms with E-state index in [9.17, 15) is 28.2 Å². The molecule has 0 aromatic rings. The van der Waals surface area contributed by atoms with Crippen molar-refractivity contribution in [3.05, 3.63) is 9.93 Å². The predicted octanol–water partition coefficient (Wildman–Crippen LogP) is -1.59. The van der Waals surface area contributed by atoms with Crippen LogP contribution in [-0.4, -0.2) is 71.3 Å². The molecule has 10 nitrogen and oxygen atoms in total. The third kappa shape index (κ3) is 3.88. The minimum Gasteiger partial charge on any atom is -0.477 e. The van der Waals surface area contributed by atoms with Crippen LogP contribution in [0.1, 0.15) is 13.3 Å². The number of nitrogens with one attached hydrogen (secondary N) is 2. The van der Waals surface area contributed by atoms with Gasteiger partial charge in [-0.1, -0.05) is 11.8 Å². The molecule has 146 valence electrons. The van der Waals surface area contributed by atoms with E-state index in [0.29, 0.717) is 17.2 Å². The van der Waals surface area contributed by atoms with Crippen molar-refractivity contribution in [2.24, 2.45) is 11.1 Å². The standard InChI is InChI=1S/C13H20N4O6S3/c1-5(18)8-10(19)17-9(12(20)21)13(25-11(8)17)24-7-2-6(15-4-7)3-16-26(14,22)23/h5-8,11,15-16,18H,2-4H2,1H3,(H,20,21)(H2,14,22,23)/t5?,6-,7-,8+,11-/m1/s1. The van der Waals surface area contributed by atoms with Crippen molar-refractivity contribution >= 4 is 45.6 Å². The summed E-state index contributed by atoms with van der Waals surface area (Å²) in [5.74, 6) is -2.13. The summed E-state index contributed by atoms with van der Waals surface area (Å²) in [6.45, 7) is 2.26. The van der Waals surface area contributed by atoms with E-state index in [1.54, 1.807) is 0 Å². The first-order valence-electron chi connectivity index (χ1n) is 7.91. The Hall–Kier alpha value is -0.830. The topological polar surface area (TPSA) is 162 Å². The molecule has 0 spiro atoms. The van der Waals surface area contributed by atoms with Crippen molar-refractivity contribution in [1.82, 2.24) is 14.9 Å². The molecular formula is C13H20N4O6S3. The molecule has 2 saturated heterocycles. The van der Waals surface area contributed by atoms with Gasteiger partial charge in [0.25, 0.3) is 10.2 Å². The molecule has 0 radical (unpaired) electrons. The normalized spacial score (nSPS) is 32.6. The molecule has 13 heteroatoms. The summed E-state index contributed by atoms with van der Waals surface area (Å²) in [6, 6.07) is -0.102. The number of fused-ring (bicyclic) bond motifs is 1. The monoisotopic (exact) mass is 424 g/mol. The van der Waals surface area contributed by atoms with Crippen molar-refractivity contribution in [3.63, 3.8) is 0 Å². The third-order valence-electron chi connectivity index (χ3n) is 4.45. The van der Waals surface area contributed by atoms with Crippen molar-refractivity contribution in [2.75, 3.05) is 13.1 Å². The maximum Gasteiger partial charge on any atom is 0.354 e. The molecule has 0 aliphatic carbocycles. The molecule has 3 rings (SSSR count). The number of carboxylic acids is 1.